The van der Waals surface area contributed by atoms with E-state index >= 15 is 0 Å². The third-order valence-electron chi connectivity index (χ3n) is 4.60. The van der Waals surface area contributed by atoms with Crippen molar-refractivity contribution in [1.29, 1.82) is 0 Å². The van der Waals surface area contributed by atoms with E-state index in [9.17, 15) is 14.6 Å². The first-order valence-corrected chi connectivity index (χ1v) is 12.2. The van der Waals surface area contributed by atoms with Crippen molar-refractivity contribution in [2.45, 2.75) is 103 Å². The predicted octanol–water partition coefficient (Wildman–Crippen LogP) is 5.25. The van der Waals surface area contributed by atoms with E-state index in [4.69, 9.17) is 9.79 Å². The number of unbranched alkanes of at least 4 members (excludes halogenated alkanes) is 12. The van der Waals surface area contributed by atoms with Crippen LogP contribution in [0.3, 0.4) is 0 Å². The minimum absolute atomic E-state index is 0.0254. The van der Waals surface area contributed by atoms with Gasteiger partial charge < -0.3 is 9.79 Å². The molecule has 0 atom stereocenters. The second-order valence-electron chi connectivity index (χ2n) is 7.25. The molecule has 0 aliphatic carbocycles. The van der Waals surface area contributed by atoms with Gasteiger partial charge in [0.05, 0.1) is 6.16 Å². The second-order valence-corrected chi connectivity index (χ2v) is 9.03. The molecule has 0 saturated carbocycles. The van der Waals surface area contributed by atoms with E-state index in [-0.39, 0.29) is 25.0 Å². The van der Waals surface area contributed by atoms with Crippen molar-refractivity contribution in [2.75, 3.05) is 12.7 Å². The van der Waals surface area contributed by atoms with Gasteiger partial charge in [0.15, 0.2) is 0 Å². The molecule has 0 bridgehead atoms. The van der Waals surface area contributed by atoms with Crippen molar-refractivity contribution in [3.05, 3.63) is 0 Å². The molecule has 7 heteroatoms. The molecule has 0 radical (unpaired) electrons. The van der Waals surface area contributed by atoms with Gasteiger partial charge in [-0.05, 0) is 12.8 Å². The van der Waals surface area contributed by atoms with Crippen molar-refractivity contribution >= 4 is 13.5 Å². The minimum atomic E-state index is -4.05. The van der Waals surface area contributed by atoms with Gasteiger partial charge in [0.2, 0.25) is 5.91 Å². The third-order valence-corrected chi connectivity index (χ3v) is 5.50. The summed E-state index contributed by atoms with van der Waals surface area (Å²) in [6.45, 7) is 2.22. The molecule has 0 aromatic carbocycles. The maximum atomic E-state index is 11.7. The van der Waals surface area contributed by atoms with Gasteiger partial charge in [-0.2, -0.15) is 0 Å². The molecule has 6 nitrogen and oxygen atoms in total. The first-order valence-electron chi connectivity index (χ1n) is 10.4. The third kappa shape index (κ3) is 18.4. The zero-order valence-electron chi connectivity index (χ0n) is 16.6. The Hall–Kier alpha value is -0.420. The number of carbonyl (C=O) groups is 1. The molecule has 0 aliphatic heterocycles. The fraction of sp³-hybridized carbons (Fsp3) is 0.947. The fourth-order valence-electron chi connectivity index (χ4n) is 2.97. The number of rotatable bonds is 18. The highest BCUT2D eigenvalue weighted by molar-refractivity contribution is 7.51. The zero-order chi connectivity index (χ0) is 19.7. The summed E-state index contributed by atoms with van der Waals surface area (Å²) in [4.78, 5) is 29.1. The molecule has 26 heavy (non-hydrogen) atoms. The van der Waals surface area contributed by atoms with Crippen LogP contribution >= 0.6 is 7.60 Å². The van der Waals surface area contributed by atoms with Crippen LogP contribution in [0.25, 0.3) is 0 Å². The molecule has 3 N–H and O–H groups in total. The van der Waals surface area contributed by atoms with Gasteiger partial charge in [0.25, 0.3) is 0 Å². The van der Waals surface area contributed by atoms with Crippen LogP contribution in [0.5, 0.6) is 0 Å². The molecule has 0 aliphatic rings. The maximum Gasteiger partial charge on any atom is 0.325 e. The summed E-state index contributed by atoms with van der Waals surface area (Å²) in [5.74, 6) is -0.362. The van der Waals surface area contributed by atoms with Crippen molar-refractivity contribution in [3.8, 4) is 0 Å². The summed E-state index contributed by atoms with van der Waals surface area (Å²) >= 11 is 0. The topological polar surface area (TPSA) is 98.1 Å². The molecular formula is C19H40NO5P. The molecular weight excluding hydrogens is 353 g/mol. The van der Waals surface area contributed by atoms with E-state index in [0.29, 0.717) is 11.5 Å². The van der Waals surface area contributed by atoms with Crippen LogP contribution in [-0.2, 0) is 9.36 Å². The van der Waals surface area contributed by atoms with Gasteiger partial charge in [-0.15, -0.1) is 0 Å². The number of hydroxylamine groups is 2. The molecule has 0 saturated heterocycles. The Labute approximate surface area is 159 Å². The van der Waals surface area contributed by atoms with Crippen LogP contribution in [0.1, 0.15) is 103 Å². The molecule has 0 aromatic rings. The van der Waals surface area contributed by atoms with Gasteiger partial charge in [0.1, 0.15) is 0 Å². The quantitative estimate of drug-likeness (QED) is 0.128. The Kier molecular flexibility index (Phi) is 16.5. The number of amides is 1. The summed E-state index contributed by atoms with van der Waals surface area (Å²) in [6, 6.07) is 0. The average molecular weight is 394 g/mol. The highest BCUT2D eigenvalue weighted by atomic mass is 31.2. The number of carbonyl (C=O) groups excluding carboxylic acids is 1. The number of hydrogen-bond donors (Lipinski definition) is 3. The SMILES string of the molecule is CCCCCCCCCCCCCCCC(=O)N(O)CCCP(=O)(O)O. The Morgan fingerprint density at radius 1 is 0.769 bits per heavy atom. The fourth-order valence-corrected chi connectivity index (χ4v) is 3.53. The number of hydrogen-bond acceptors (Lipinski definition) is 3. The molecule has 0 rings (SSSR count). The molecule has 0 unspecified atom stereocenters. The molecule has 1 amide bonds. The summed E-state index contributed by atoms with van der Waals surface area (Å²) in [5.41, 5.74) is 0. The Morgan fingerprint density at radius 2 is 1.19 bits per heavy atom. The van der Waals surface area contributed by atoms with Gasteiger partial charge >= 0.3 is 7.60 Å². The monoisotopic (exact) mass is 393 g/mol. The molecule has 0 heterocycles. The Bertz CT molecular complexity index is 386. The van der Waals surface area contributed by atoms with Gasteiger partial charge in [-0.1, -0.05) is 84.0 Å². The van der Waals surface area contributed by atoms with Crippen molar-refractivity contribution in [3.63, 3.8) is 0 Å². The number of nitrogens with zero attached hydrogens (tertiary/aromatic N) is 1. The molecule has 0 spiro atoms. The lowest BCUT2D eigenvalue weighted by atomic mass is 10.0. The summed E-state index contributed by atoms with van der Waals surface area (Å²) in [6.07, 6.45) is 16.2. The van der Waals surface area contributed by atoms with Crippen LogP contribution in [0.2, 0.25) is 0 Å². The standard InChI is InChI=1S/C19H40NO5P/c1-2-3-4-5-6-7-8-9-10-11-12-13-14-16-19(21)20(22)17-15-18-26(23,24)25/h22H,2-18H2,1H3,(H2,23,24,25). The molecule has 156 valence electrons. The zero-order valence-corrected chi connectivity index (χ0v) is 17.5. The predicted molar refractivity (Wildman–Crippen MR) is 105 cm³/mol. The first-order chi connectivity index (χ1) is 12.4. The lowest BCUT2D eigenvalue weighted by Crippen LogP contribution is -2.28. The van der Waals surface area contributed by atoms with Crippen LogP contribution < -0.4 is 0 Å². The van der Waals surface area contributed by atoms with Crippen LogP contribution in [0, 0.1) is 0 Å². The minimum Gasteiger partial charge on any atom is -0.324 e. The van der Waals surface area contributed by atoms with E-state index in [0.717, 1.165) is 19.3 Å². The van der Waals surface area contributed by atoms with Gasteiger partial charge in [-0.25, -0.2) is 5.06 Å². The van der Waals surface area contributed by atoms with E-state index < -0.39 is 7.60 Å². The highest BCUT2D eigenvalue weighted by Crippen LogP contribution is 2.34. The Balaban J connectivity index is 3.36. The maximum absolute atomic E-state index is 11.7. The molecule has 0 fully saturated rings. The van der Waals surface area contributed by atoms with Crippen molar-refractivity contribution in [2.24, 2.45) is 0 Å². The lowest BCUT2D eigenvalue weighted by Gasteiger charge is -2.15. The molecule has 0 aromatic heterocycles. The summed E-state index contributed by atoms with van der Waals surface area (Å²) in [7, 11) is -4.05. The Morgan fingerprint density at radius 3 is 1.62 bits per heavy atom. The average Bonchev–Trinajstić information content (AvgIpc) is 2.57. The van der Waals surface area contributed by atoms with E-state index in [2.05, 4.69) is 6.92 Å². The van der Waals surface area contributed by atoms with E-state index in [1.807, 2.05) is 0 Å². The largest absolute Gasteiger partial charge is 0.325 e. The lowest BCUT2D eigenvalue weighted by molar-refractivity contribution is -0.165. The summed E-state index contributed by atoms with van der Waals surface area (Å²) < 4.78 is 10.7. The van der Waals surface area contributed by atoms with Crippen LogP contribution in [0.15, 0.2) is 0 Å². The van der Waals surface area contributed by atoms with Gasteiger partial charge in [-0.3, -0.25) is 14.6 Å². The van der Waals surface area contributed by atoms with Crippen molar-refractivity contribution in [1.82, 2.24) is 5.06 Å². The second kappa shape index (κ2) is 16.7. The van der Waals surface area contributed by atoms with E-state index in [1.165, 1.54) is 64.2 Å². The normalized spacial score (nSPS) is 11.7. The van der Waals surface area contributed by atoms with Crippen LogP contribution in [0.4, 0.5) is 0 Å². The highest BCUT2D eigenvalue weighted by Gasteiger charge is 2.15. The van der Waals surface area contributed by atoms with E-state index in [1.54, 1.807) is 0 Å². The summed E-state index contributed by atoms with van der Waals surface area (Å²) in [5, 5.41) is 10.1. The van der Waals surface area contributed by atoms with Crippen molar-refractivity contribution < 1.29 is 24.4 Å². The van der Waals surface area contributed by atoms with Crippen LogP contribution in [-0.4, -0.2) is 38.7 Å². The van der Waals surface area contributed by atoms with Gasteiger partial charge in [0, 0.05) is 13.0 Å². The smallest absolute Gasteiger partial charge is 0.324 e. The first kappa shape index (κ1) is 25.6.